The number of carbonyl (C=O) groups is 1. The average molecular weight is 377 g/mol. The lowest BCUT2D eigenvalue weighted by molar-refractivity contribution is -0.138. The number of methoxy groups -OCH3 is 1. The van der Waals surface area contributed by atoms with Crippen molar-refractivity contribution in [2.45, 2.75) is 26.1 Å². The maximum Gasteiger partial charge on any atom is 0.416 e. The summed E-state index contributed by atoms with van der Waals surface area (Å²) in [4.78, 5) is 11.3. The molecule has 0 radical (unpaired) electrons. The number of hydrogen-bond acceptors (Lipinski definition) is 2. The summed E-state index contributed by atoms with van der Waals surface area (Å²) in [7, 11) is 1.53. The first-order valence-electron chi connectivity index (χ1n) is 8.24. The van der Waals surface area contributed by atoms with Crippen molar-refractivity contribution in [1.29, 1.82) is 0 Å². The molecule has 1 N–H and O–H groups in total. The maximum atomic E-state index is 12.7. The molecule has 4 nitrogen and oxygen atoms in total. The van der Waals surface area contributed by atoms with Crippen LogP contribution in [0.15, 0.2) is 42.5 Å². The fourth-order valence-corrected chi connectivity index (χ4v) is 3.22. The Kier molecular flexibility index (Phi) is 4.87. The molecule has 2 aromatic carbocycles. The molecule has 27 heavy (non-hydrogen) atoms. The number of carboxylic acids is 1. The number of benzene rings is 2. The lowest BCUT2D eigenvalue weighted by Gasteiger charge is -2.11. The molecular weight excluding hydrogens is 359 g/mol. The SMILES string of the molecule is COc1ccc2c(c1)c(CC(=O)O)c(C)n2Cc1ccc(C(F)(F)F)cc1. The minimum absolute atomic E-state index is 0.143. The number of ether oxygens (including phenoxy) is 1. The summed E-state index contributed by atoms with van der Waals surface area (Å²) in [6.07, 6.45) is -4.52. The first kappa shape index (κ1) is 18.8. The van der Waals surface area contributed by atoms with Gasteiger partial charge in [-0.1, -0.05) is 12.1 Å². The van der Waals surface area contributed by atoms with Crippen LogP contribution in [0.4, 0.5) is 13.2 Å². The summed E-state index contributed by atoms with van der Waals surface area (Å²) in [6.45, 7) is 2.15. The third-order valence-corrected chi connectivity index (χ3v) is 4.61. The molecule has 1 heterocycles. The summed E-state index contributed by atoms with van der Waals surface area (Å²) in [6, 6.07) is 10.4. The molecule has 0 aliphatic carbocycles. The summed E-state index contributed by atoms with van der Waals surface area (Å²) < 4.78 is 45.4. The largest absolute Gasteiger partial charge is 0.497 e. The first-order valence-corrected chi connectivity index (χ1v) is 8.24. The summed E-state index contributed by atoms with van der Waals surface area (Å²) in [5, 5.41) is 10.0. The number of hydrogen-bond donors (Lipinski definition) is 1. The zero-order chi connectivity index (χ0) is 19.8. The molecule has 0 saturated carbocycles. The van der Waals surface area contributed by atoms with Crippen molar-refractivity contribution in [2.75, 3.05) is 7.11 Å². The van der Waals surface area contributed by atoms with Crippen molar-refractivity contribution in [3.8, 4) is 5.75 Å². The topological polar surface area (TPSA) is 51.5 Å². The molecular formula is C20H18F3NO3. The van der Waals surface area contributed by atoms with Gasteiger partial charge >= 0.3 is 12.1 Å². The molecule has 0 atom stereocenters. The van der Waals surface area contributed by atoms with Crippen LogP contribution >= 0.6 is 0 Å². The fourth-order valence-electron chi connectivity index (χ4n) is 3.22. The Morgan fingerprint density at radius 1 is 1.15 bits per heavy atom. The minimum Gasteiger partial charge on any atom is -0.497 e. The van der Waals surface area contributed by atoms with Crippen LogP contribution in [0.25, 0.3) is 10.9 Å². The molecule has 0 amide bonds. The van der Waals surface area contributed by atoms with Crippen LogP contribution in [0, 0.1) is 6.92 Å². The Balaban J connectivity index is 2.06. The smallest absolute Gasteiger partial charge is 0.416 e. The van der Waals surface area contributed by atoms with Crippen LogP contribution < -0.4 is 4.74 Å². The molecule has 0 bridgehead atoms. The summed E-state index contributed by atoms with van der Waals surface area (Å²) >= 11 is 0. The van der Waals surface area contributed by atoms with Crippen LogP contribution in [0.2, 0.25) is 0 Å². The van der Waals surface area contributed by atoms with E-state index in [1.54, 1.807) is 12.1 Å². The van der Waals surface area contributed by atoms with E-state index in [4.69, 9.17) is 4.74 Å². The lowest BCUT2D eigenvalue weighted by atomic mass is 10.1. The van der Waals surface area contributed by atoms with Gasteiger partial charge in [0.05, 0.1) is 19.1 Å². The van der Waals surface area contributed by atoms with E-state index in [2.05, 4.69) is 0 Å². The van der Waals surface area contributed by atoms with E-state index in [0.717, 1.165) is 28.7 Å². The number of carboxylic acid groups (broad SMARTS) is 1. The van der Waals surface area contributed by atoms with E-state index >= 15 is 0 Å². The Morgan fingerprint density at radius 3 is 2.37 bits per heavy atom. The number of aromatic nitrogens is 1. The molecule has 3 rings (SSSR count). The van der Waals surface area contributed by atoms with Gasteiger partial charge in [0.1, 0.15) is 5.75 Å². The average Bonchev–Trinajstić information content (AvgIpc) is 2.86. The van der Waals surface area contributed by atoms with Crippen LogP contribution in [0.3, 0.4) is 0 Å². The molecule has 3 aromatic rings. The minimum atomic E-state index is -4.38. The number of fused-ring (bicyclic) bond motifs is 1. The second-order valence-electron chi connectivity index (χ2n) is 6.30. The van der Waals surface area contributed by atoms with E-state index in [1.165, 1.54) is 19.2 Å². The zero-order valence-corrected chi connectivity index (χ0v) is 14.8. The van der Waals surface area contributed by atoms with Gasteiger partial charge in [-0.2, -0.15) is 13.2 Å². The highest BCUT2D eigenvalue weighted by Crippen LogP contribution is 2.32. The third-order valence-electron chi connectivity index (χ3n) is 4.61. The van der Waals surface area contributed by atoms with Gasteiger partial charge in [-0.25, -0.2) is 0 Å². The molecule has 0 spiro atoms. The van der Waals surface area contributed by atoms with Crippen molar-refractivity contribution < 1.29 is 27.8 Å². The van der Waals surface area contributed by atoms with Gasteiger partial charge in [0.2, 0.25) is 0 Å². The van der Waals surface area contributed by atoms with Crippen LogP contribution in [-0.4, -0.2) is 22.8 Å². The quantitative estimate of drug-likeness (QED) is 0.704. The van der Waals surface area contributed by atoms with Gasteiger partial charge in [-0.15, -0.1) is 0 Å². The highest BCUT2D eigenvalue weighted by molar-refractivity contribution is 5.90. The highest BCUT2D eigenvalue weighted by atomic mass is 19.4. The van der Waals surface area contributed by atoms with E-state index in [9.17, 15) is 23.1 Å². The normalized spacial score (nSPS) is 11.7. The van der Waals surface area contributed by atoms with E-state index in [1.807, 2.05) is 17.6 Å². The van der Waals surface area contributed by atoms with Crippen molar-refractivity contribution in [3.63, 3.8) is 0 Å². The van der Waals surface area contributed by atoms with Crippen LogP contribution in [-0.2, 0) is 23.9 Å². The molecule has 0 unspecified atom stereocenters. The zero-order valence-electron chi connectivity index (χ0n) is 14.8. The van der Waals surface area contributed by atoms with Gasteiger partial charge in [0.25, 0.3) is 0 Å². The predicted molar refractivity (Wildman–Crippen MR) is 95.1 cm³/mol. The Hall–Kier alpha value is -2.96. The van der Waals surface area contributed by atoms with Gasteiger partial charge in [0, 0.05) is 23.1 Å². The monoisotopic (exact) mass is 377 g/mol. The molecule has 1 aromatic heterocycles. The van der Waals surface area contributed by atoms with Crippen molar-refractivity contribution in [1.82, 2.24) is 4.57 Å². The number of alkyl halides is 3. The molecule has 0 aliphatic rings. The van der Waals surface area contributed by atoms with E-state index in [-0.39, 0.29) is 6.42 Å². The Bertz CT molecular complexity index is 988. The second kappa shape index (κ2) is 6.98. The Morgan fingerprint density at radius 2 is 1.81 bits per heavy atom. The fraction of sp³-hybridized carbons (Fsp3) is 0.250. The van der Waals surface area contributed by atoms with E-state index < -0.39 is 17.7 Å². The number of halogens is 3. The molecule has 7 heteroatoms. The standard InChI is InChI=1S/C20H18F3NO3/c1-12-16(10-19(25)26)17-9-15(27-2)7-8-18(17)24(12)11-13-3-5-14(6-4-13)20(21,22)23/h3-9H,10-11H2,1-2H3,(H,25,26). The maximum absolute atomic E-state index is 12.7. The van der Waals surface area contributed by atoms with Gasteiger partial charge < -0.3 is 14.4 Å². The predicted octanol–water partition coefficient (Wildman–Crippen LogP) is 4.65. The van der Waals surface area contributed by atoms with Gasteiger partial charge in [-0.05, 0) is 48.4 Å². The van der Waals surface area contributed by atoms with E-state index in [0.29, 0.717) is 23.4 Å². The first-order chi connectivity index (χ1) is 12.7. The molecule has 0 saturated heterocycles. The molecule has 0 aliphatic heterocycles. The summed E-state index contributed by atoms with van der Waals surface area (Å²) in [5.74, 6) is -0.338. The van der Waals surface area contributed by atoms with Crippen LogP contribution in [0.1, 0.15) is 22.4 Å². The van der Waals surface area contributed by atoms with Crippen molar-refractivity contribution in [2.24, 2.45) is 0 Å². The van der Waals surface area contributed by atoms with Gasteiger partial charge in [-0.3, -0.25) is 4.79 Å². The lowest BCUT2D eigenvalue weighted by Crippen LogP contribution is -2.07. The Labute approximate surface area is 153 Å². The van der Waals surface area contributed by atoms with Crippen molar-refractivity contribution >= 4 is 16.9 Å². The number of rotatable bonds is 5. The number of aliphatic carboxylic acids is 1. The number of nitrogens with zero attached hydrogens (tertiary/aromatic N) is 1. The molecule has 0 fully saturated rings. The van der Waals surface area contributed by atoms with Crippen LogP contribution in [0.5, 0.6) is 5.75 Å². The third kappa shape index (κ3) is 3.77. The van der Waals surface area contributed by atoms with Gasteiger partial charge in [0.15, 0.2) is 0 Å². The van der Waals surface area contributed by atoms with Crippen molar-refractivity contribution in [3.05, 3.63) is 64.8 Å². The highest BCUT2D eigenvalue weighted by Gasteiger charge is 2.30. The molecule has 142 valence electrons. The summed E-state index contributed by atoms with van der Waals surface area (Å²) in [5.41, 5.74) is 2.24. The second-order valence-corrected chi connectivity index (χ2v) is 6.30.